The van der Waals surface area contributed by atoms with E-state index in [4.69, 9.17) is 0 Å². The monoisotopic (exact) mass is 218 g/mol. The van der Waals surface area contributed by atoms with E-state index in [1.807, 2.05) is 0 Å². The number of rotatable bonds is 0. The van der Waals surface area contributed by atoms with Crippen LogP contribution in [0.25, 0.3) is 0 Å². The van der Waals surface area contributed by atoms with Crippen LogP contribution in [0, 0.1) is 0 Å². The molecular formula is HCoLiNbNi. The van der Waals surface area contributed by atoms with E-state index < -0.39 is 0 Å². The van der Waals surface area contributed by atoms with Crippen molar-refractivity contribution in [2.75, 3.05) is 0 Å². The Balaban J connectivity index is 0. The predicted octanol–water partition coefficient (Wildman–Crippen LogP) is -2.89. The molecule has 26 valence electrons. The molecule has 0 saturated heterocycles. The summed E-state index contributed by atoms with van der Waals surface area (Å²) >= 11 is 0. The topological polar surface area (TPSA) is 0 Å². The van der Waals surface area contributed by atoms with E-state index >= 15 is 0 Å². The van der Waals surface area contributed by atoms with Crippen LogP contribution in [0.2, 0.25) is 0 Å². The summed E-state index contributed by atoms with van der Waals surface area (Å²) in [5.41, 5.74) is 0. The number of hydrogen-bond donors (Lipinski definition) is 0. The zero-order valence-electron chi connectivity index (χ0n) is 3.10. The molecule has 2 radical (unpaired) electrons. The fraction of sp³-hybridized carbons (Fsp3) is 0. The van der Waals surface area contributed by atoms with Gasteiger partial charge in [0.2, 0.25) is 0 Å². The molecule has 0 nitrogen and oxygen atoms in total. The third kappa shape index (κ3) is 8.84. The SMILES string of the molecule is [Co].[H-].[Li+].[Nb].[Ni]. The average molecular weight is 218 g/mol. The van der Waals surface area contributed by atoms with E-state index in [0.717, 1.165) is 0 Å². The summed E-state index contributed by atoms with van der Waals surface area (Å²) in [6.45, 7) is 0. The smallest absolute Gasteiger partial charge is 1.00 e. The van der Waals surface area contributed by atoms with Gasteiger partial charge in [-0.3, -0.25) is 0 Å². The Bertz CT molecular complexity index is 11.6. The van der Waals surface area contributed by atoms with Gasteiger partial charge in [-0.2, -0.15) is 0 Å². The standard InChI is InChI=1S/Co.Li.Nb.Ni.H/q;+1;;;-1. The third-order valence-corrected chi connectivity index (χ3v) is 0. The summed E-state index contributed by atoms with van der Waals surface area (Å²) in [7, 11) is 0. The van der Waals surface area contributed by atoms with Crippen LogP contribution in [0.3, 0.4) is 0 Å². The first-order valence-corrected chi connectivity index (χ1v) is 0. The Morgan fingerprint density at radius 2 is 1.25 bits per heavy atom. The Labute approximate surface area is 75.2 Å². The molecule has 0 aliphatic carbocycles. The molecule has 0 bridgehead atoms. The van der Waals surface area contributed by atoms with E-state index in [9.17, 15) is 0 Å². The molecule has 0 unspecified atom stereocenters. The van der Waals surface area contributed by atoms with Crippen LogP contribution in [-0.2, 0) is 55.7 Å². The predicted molar refractivity (Wildman–Crippen MR) is 1.11 cm³/mol. The maximum atomic E-state index is 0. The summed E-state index contributed by atoms with van der Waals surface area (Å²) in [5, 5.41) is 0. The van der Waals surface area contributed by atoms with Crippen LogP contribution in [0.5, 0.6) is 0 Å². The van der Waals surface area contributed by atoms with Crippen LogP contribution in [0.4, 0.5) is 0 Å². The molecule has 0 aromatic heterocycles. The second-order valence-corrected chi connectivity index (χ2v) is 0. The van der Waals surface area contributed by atoms with Crippen LogP contribution in [0.15, 0.2) is 0 Å². The first-order chi connectivity index (χ1) is 0. The fourth-order valence-corrected chi connectivity index (χ4v) is 0. The van der Waals surface area contributed by atoms with Crippen LogP contribution in [-0.4, -0.2) is 0 Å². The van der Waals surface area contributed by atoms with Gasteiger partial charge in [0, 0.05) is 55.7 Å². The molecule has 4 heavy (non-hydrogen) atoms. The minimum absolute atomic E-state index is 0. The first kappa shape index (κ1) is 33.0. The molecule has 0 amide bonds. The minimum Gasteiger partial charge on any atom is -1.00 e. The quantitative estimate of drug-likeness (QED) is 0.383. The molecule has 0 aliphatic rings. The summed E-state index contributed by atoms with van der Waals surface area (Å²) in [5.74, 6) is 0. The molecule has 0 N–H and O–H groups in total. The van der Waals surface area contributed by atoms with E-state index in [1.54, 1.807) is 0 Å². The molecule has 0 saturated carbocycles. The van der Waals surface area contributed by atoms with Gasteiger partial charge in [-0.15, -0.1) is 0 Å². The second-order valence-electron chi connectivity index (χ2n) is 0. The van der Waals surface area contributed by atoms with Crippen molar-refractivity contribution in [2.45, 2.75) is 0 Å². The molecule has 0 rings (SSSR count). The fourth-order valence-electron chi connectivity index (χ4n) is 0. The van der Waals surface area contributed by atoms with Crippen molar-refractivity contribution >= 4 is 0 Å². The zero-order chi connectivity index (χ0) is 0. The van der Waals surface area contributed by atoms with Crippen molar-refractivity contribution in [2.24, 2.45) is 0 Å². The van der Waals surface area contributed by atoms with Crippen molar-refractivity contribution in [1.82, 2.24) is 0 Å². The number of hydrogen-bond acceptors (Lipinski definition) is 0. The molecule has 0 aliphatic heterocycles. The van der Waals surface area contributed by atoms with Gasteiger partial charge in [-0.05, 0) is 0 Å². The summed E-state index contributed by atoms with van der Waals surface area (Å²) in [6.07, 6.45) is 0. The Morgan fingerprint density at radius 3 is 1.25 bits per heavy atom. The van der Waals surface area contributed by atoms with Gasteiger partial charge in [-0.25, -0.2) is 0 Å². The van der Waals surface area contributed by atoms with Crippen molar-refractivity contribution < 1.29 is 75.9 Å². The van der Waals surface area contributed by atoms with Crippen molar-refractivity contribution in [1.29, 1.82) is 0 Å². The van der Waals surface area contributed by atoms with Gasteiger partial charge in [0.1, 0.15) is 0 Å². The molecule has 0 aromatic carbocycles. The summed E-state index contributed by atoms with van der Waals surface area (Å²) in [6, 6.07) is 0. The van der Waals surface area contributed by atoms with E-state index in [1.165, 1.54) is 0 Å². The summed E-state index contributed by atoms with van der Waals surface area (Å²) in [4.78, 5) is 0. The van der Waals surface area contributed by atoms with Gasteiger partial charge in [0.25, 0.3) is 0 Å². The maximum absolute atomic E-state index is 0. The van der Waals surface area contributed by atoms with E-state index in [-0.39, 0.29) is 75.9 Å². The van der Waals surface area contributed by atoms with Gasteiger partial charge in [-0.1, -0.05) is 0 Å². The zero-order valence-corrected chi connectivity index (χ0v) is 6.32. The van der Waals surface area contributed by atoms with Gasteiger partial charge < -0.3 is 1.43 Å². The minimum atomic E-state index is 0. The van der Waals surface area contributed by atoms with Crippen molar-refractivity contribution in [3.8, 4) is 0 Å². The van der Waals surface area contributed by atoms with Crippen LogP contribution >= 0.6 is 0 Å². The van der Waals surface area contributed by atoms with Gasteiger partial charge in [0.05, 0.1) is 0 Å². The van der Waals surface area contributed by atoms with Gasteiger partial charge >= 0.3 is 18.9 Å². The first-order valence-electron chi connectivity index (χ1n) is 0. The summed E-state index contributed by atoms with van der Waals surface area (Å²) < 4.78 is 0. The average Bonchev–Trinajstić information content (AvgIpc) is 0. The van der Waals surface area contributed by atoms with Crippen molar-refractivity contribution in [3.63, 3.8) is 0 Å². The molecule has 0 fully saturated rings. The normalized spacial score (nSPS) is 0. The maximum Gasteiger partial charge on any atom is 1.00 e. The third-order valence-electron chi connectivity index (χ3n) is 0. The molecule has 0 spiro atoms. The largest absolute Gasteiger partial charge is 1.00 e. The Morgan fingerprint density at radius 1 is 1.25 bits per heavy atom. The second kappa shape index (κ2) is 18.4. The molecule has 0 atom stereocenters. The Kier molecular flexibility index (Phi) is 152. The molecule has 0 heterocycles. The Hall–Kier alpha value is 2.34. The van der Waals surface area contributed by atoms with Crippen molar-refractivity contribution in [3.05, 3.63) is 0 Å². The van der Waals surface area contributed by atoms with Gasteiger partial charge in [0.15, 0.2) is 0 Å². The van der Waals surface area contributed by atoms with E-state index in [0.29, 0.717) is 0 Å². The van der Waals surface area contributed by atoms with E-state index in [2.05, 4.69) is 0 Å². The van der Waals surface area contributed by atoms with Crippen LogP contribution < -0.4 is 18.9 Å². The van der Waals surface area contributed by atoms with Crippen LogP contribution in [0.1, 0.15) is 1.43 Å². The molecular weight excluding hydrogens is 217 g/mol. The molecule has 0 aromatic rings. The molecule has 4 heteroatoms.